The van der Waals surface area contributed by atoms with Crippen molar-refractivity contribution >= 4 is 5.91 Å². The summed E-state index contributed by atoms with van der Waals surface area (Å²) in [5.41, 5.74) is 4.63. The molecule has 0 spiro atoms. The van der Waals surface area contributed by atoms with E-state index in [1.165, 1.54) is 0 Å². The Kier molecular flexibility index (Phi) is 5.97. The Hall–Kier alpha value is -3.01. The van der Waals surface area contributed by atoms with Gasteiger partial charge < -0.3 is 14.6 Å². The summed E-state index contributed by atoms with van der Waals surface area (Å²) in [5, 5.41) is 3.03. The van der Waals surface area contributed by atoms with Crippen molar-refractivity contribution < 1.29 is 9.53 Å². The summed E-state index contributed by atoms with van der Waals surface area (Å²) < 4.78 is 7.51. The summed E-state index contributed by atoms with van der Waals surface area (Å²) >= 11 is 0. The van der Waals surface area contributed by atoms with Crippen molar-refractivity contribution in [3.8, 4) is 22.7 Å². The van der Waals surface area contributed by atoms with E-state index in [-0.39, 0.29) is 5.91 Å². The number of methoxy groups -OCH3 is 1. The predicted molar refractivity (Wildman–Crippen MR) is 110 cm³/mol. The van der Waals surface area contributed by atoms with E-state index in [4.69, 9.17) is 4.74 Å². The van der Waals surface area contributed by atoms with Crippen LogP contribution in [0.1, 0.15) is 35.8 Å². The van der Waals surface area contributed by atoms with Gasteiger partial charge in [-0.05, 0) is 43.7 Å². The molecular formula is C23H26N2O2. The topological polar surface area (TPSA) is 43.3 Å². The highest BCUT2D eigenvalue weighted by molar-refractivity contribution is 5.97. The van der Waals surface area contributed by atoms with E-state index < -0.39 is 0 Å². The first-order valence-corrected chi connectivity index (χ1v) is 9.36. The van der Waals surface area contributed by atoms with E-state index in [1.807, 2.05) is 55.5 Å². The Balaban J connectivity index is 2.10. The number of carbonyl (C=O) groups is 1. The maximum Gasteiger partial charge on any atom is 0.253 e. The van der Waals surface area contributed by atoms with Crippen LogP contribution in [-0.4, -0.2) is 24.1 Å². The average molecular weight is 362 g/mol. The van der Waals surface area contributed by atoms with E-state index in [1.54, 1.807) is 7.11 Å². The molecule has 0 fully saturated rings. The molecule has 1 aromatic heterocycles. The van der Waals surface area contributed by atoms with Gasteiger partial charge in [-0.15, -0.1) is 0 Å². The number of amides is 1. The molecule has 1 heterocycles. The van der Waals surface area contributed by atoms with Crippen LogP contribution in [0.2, 0.25) is 0 Å². The molecule has 2 aromatic carbocycles. The van der Waals surface area contributed by atoms with Crippen molar-refractivity contribution in [1.82, 2.24) is 9.88 Å². The van der Waals surface area contributed by atoms with Gasteiger partial charge >= 0.3 is 0 Å². The second-order valence-corrected chi connectivity index (χ2v) is 6.54. The van der Waals surface area contributed by atoms with Gasteiger partial charge in [-0.2, -0.15) is 0 Å². The molecule has 0 saturated carbocycles. The summed E-state index contributed by atoms with van der Waals surface area (Å²) in [6.07, 6.45) is 2.03. The lowest BCUT2D eigenvalue weighted by Crippen LogP contribution is -2.24. The minimum atomic E-state index is -0.0280. The summed E-state index contributed by atoms with van der Waals surface area (Å²) in [6.45, 7) is 4.80. The monoisotopic (exact) mass is 362 g/mol. The normalized spacial score (nSPS) is 10.6. The number of nitrogens with one attached hydrogen (secondary N) is 1. The van der Waals surface area contributed by atoms with Gasteiger partial charge in [0.25, 0.3) is 5.91 Å². The molecule has 0 aliphatic rings. The van der Waals surface area contributed by atoms with Crippen molar-refractivity contribution in [2.75, 3.05) is 13.7 Å². The number of para-hydroxylation sites is 1. The van der Waals surface area contributed by atoms with Crippen molar-refractivity contribution in [2.24, 2.45) is 0 Å². The van der Waals surface area contributed by atoms with Gasteiger partial charge in [-0.3, -0.25) is 4.79 Å². The highest BCUT2D eigenvalue weighted by atomic mass is 16.5. The van der Waals surface area contributed by atoms with E-state index in [9.17, 15) is 4.79 Å². The Morgan fingerprint density at radius 3 is 2.56 bits per heavy atom. The van der Waals surface area contributed by atoms with Gasteiger partial charge in [0, 0.05) is 23.5 Å². The van der Waals surface area contributed by atoms with E-state index in [0.29, 0.717) is 12.1 Å². The number of ether oxygens (including phenoxy) is 1. The fourth-order valence-corrected chi connectivity index (χ4v) is 3.22. The van der Waals surface area contributed by atoms with Gasteiger partial charge in [0.2, 0.25) is 0 Å². The Labute approximate surface area is 160 Å². The van der Waals surface area contributed by atoms with Crippen molar-refractivity contribution in [2.45, 2.75) is 26.7 Å². The van der Waals surface area contributed by atoms with Crippen LogP contribution in [-0.2, 0) is 0 Å². The van der Waals surface area contributed by atoms with Crippen LogP contribution in [0.4, 0.5) is 0 Å². The van der Waals surface area contributed by atoms with Gasteiger partial charge in [0.05, 0.1) is 18.4 Å². The zero-order valence-electron chi connectivity index (χ0n) is 16.2. The first kappa shape index (κ1) is 18.8. The van der Waals surface area contributed by atoms with Gasteiger partial charge in [-0.1, -0.05) is 43.7 Å². The summed E-state index contributed by atoms with van der Waals surface area (Å²) in [5.74, 6) is 0.764. The number of nitrogens with zero attached hydrogens (tertiary/aromatic N) is 1. The standard InChI is InChI=1S/C23H26N2O2/c1-4-5-14-24-23(26)21-16-22(18-10-9-13-20(15-18)27-3)25(17(21)2)19-11-7-6-8-12-19/h6-13,15-16H,4-5,14H2,1-3H3,(H,24,26). The molecule has 4 nitrogen and oxygen atoms in total. The second kappa shape index (κ2) is 8.58. The Bertz CT molecular complexity index is 913. The van der Waals surface area contributed by atoms with Crippen LogP contribution in [0.15, 0.2) is 60.7 Å². The van der Waals surface area contributed by atoms with Crippen LogP contribution < -0.4 is 10.1 Å². The number of unbranched alkanes of at least 4 members (excludes halogenated alkanes) is 1. The van der Waals surface area contributed by atoms with Gasteiger partial charge in [0.15, 0.2) is 0 Å². The smallest absolute Gasteiger partial charge is 0.253 e. The third-order valence-corrected chi connectivity index (χ3v) is 4.69. The quantitative estimate of drug-likeness (QED) is 0.602. The van der Waals surface area contributed by atoms with Crippen molar-refractivity contribution in [1.29, 1.82) is 0 Å². The fourth-order valence-electron chi connectivity index (χ4n) is 3.22. The highest BCUT2D eigenvalue weighted by Crippen LogP contribution is 2.31. The molecule has 4 heteroatoms. The van der Waals surface area contributed by atoms with E-state index >= 15 is 0 Å². The lowest BCUT2D eigenvalue weighted by molar-refractivity contribution is 0.0952. The molecule has 0 bridgehead atoms. The van der Waals surface area contributed by atoms with E-state index in [0.717, 1.165) is 41.2 Å². The number of rotatable bonds is 7. The molecule has 3 aromatic rings. The van der Waals surface area contributed by atoms with Gasteiger partial charge in [0.1, 0.15) is 5.75 Å². The third kappa shape index (κ3) is 4.05. The minimum Gasteiger partial charge on any atom is -0.497 e. The number of carbonyl (C=O) groups excluding carboxylic acids is 1. The lowest BCUT2D eigenvalue weighted by atomic mass is 10.1. The summed E-state index contributed by atoms with van der Waals surface area (Å²) in [4.78, 5) is 12.7. The second-order valence-electron chi connectivity index (χ2n) is 6.54. The lowest BCUT2D eigenvalue weighted by Gasteiger charge is -2.13. The molecule has 1 N–H and O–H groups in total. The molecule has 1 amide bonds. The Morgan fingerprint density at radius 1 is 1.07 bits per heavy atom. The van der Waals surface area contributed by atoms with Crippen LogP contribution in [0.5, 0.6) is 5.75 Å². The van der Waals surface area contributed by atoms with Gasteiger partial charge in [-0.25, -0.2) is 0 Å². The largest absolute Gasteiger partial charge is 0.497 e. The third-order valence-electron chi connectivity index (χ3n) is 4.69. The zero-order chi connectivity index (χ0) is 19.2. The molecule has 0 atom stereocenters. The number of aromatic nitrogens is 1. The minimum absolute atomic E-state index is 0.0280. The van der Waals surface area contributed by atoms with Crippen LogP contribution in [0.3, 0.4) is 0 Å². The van der Waals surface area contributed by atoms with Crippen LogP contribution in [0.25, 0.3) is 16.9 Å². The number of benzene rings is 2. The first-order valence-electron chi connectivity index (χ1n) is 9.36. The summed E-state index contributed by atoms with van der Waals surface area (Å²) in [6, 6.07) is 20.0. The predicted octanol–water partition coefficient (Wildman–Crippen LogP) is 4.99. The van der Waals surface area contributed by atoms with Crippen molar-refractivity contribution in [3.63, 3.8) is 0 Å². The molecule has 0 radical (unpaired) electrons. The molecule has 0 aliphatic heterocycles. The SMILES string of the molecule is CCCCNC(=O)c1cc(-c2cccc(OC)c2)n(-c2ccccc2)c1C. The molecule has 140 valence electrons. The number of hydrogen-bond acceptors (Lipinski definition) is 2. The van der Waals surface area contributed by atoms with Crippen LogP contribution >= 0.6 is 0 Å². The fraction of sp³-hybridized carbons (Fsp3) is 0.261. The summed E-state index contributed by atoms with van der Waals surface area (Å²) in [7, 11) is 1.66. The van der Waals surface area contributed by atoms with E-state index in [2.05, 4.69) is 28.9 Å². The Morgan fingerprint density at radius 2 is 1.85 bits per heavy atom. The molecule has 0 aliphatic carbocycles. The molecular weight excluding hydrogens is 336 g/mol. The molecule has 27 heavy (non-hydrogen) atoms. The van der Waals surface area contributed by atoms with Crippen LogP contribution in [0, 0.1) is 6.92 Å². The maximum absolute atomic E-state index is 12.7. The first-order chi connectivity index (χ1) is 13.2. The average Bonchev–Trinajstić information content (AvgIpc) is 3.06. The zero-order valence-corrected chi connectivity index (χ0v) is 16.2. The maximum atomic E-state index is 12.7. The molecule has 0 saturated heterocycles. The molecule has 3 rings (SSSR count). The number of hydrogen-bond donors (Lipinski definition) is 1. The van der Waals surface area contributed by atoms with Crippen molar-refractivity contribution in [3.05, 3.63) is 71.9 Å². The molecule has 0 unspecified atom stereocenters. The highest BCUT2D eigenvalue weighted by Gasteiger charge is 2.19.